The molecule has 42 heavy (non-hydrogen) atoms. The molecule has 2 atom stereocenters. The van der Waals surface area contributed by atoms with E-state index in [1.54, 1.807) is 36.1 Å². The third kappa shape index (κ3) is 7.81. The average molecular weight is 603 g/mol. The number of anilines is 1. The van der Waals surface area contributed by atoms with Crippen molar-refractivity contribution in [2.45, 2.75) is 89.7 Å². The lowest BCUT2D eigenvalue weighted by molar-refractivity contribution is -0.138. The third-order valence-electron chi connectivity index (χ3n) is 7.62. The van der Waals surface area contributed by atoms with E-state index < -0.39 is 34.2 Å². The van der Waals surface area contributed by atoms with Gasteiger partial charge in [-0.1, -0.05) is 59.7 Å². The quantitative estimate of drug-likeness (QED) is 0.270. The van der Waals surface area contributed by atoms with Crippen LogP contribution in [0, 0.1) is 0 Å². The van der Waals surface area contributed by atoms with Gasteiger partial charge >= 0.3 is 12.1 Å². The number of piperazine rings is 1. The Kier molecular flexibility index (Phi) is 11.0. The molecule has 2 aromatic rings. The largest absolute Gasteiger partial charge is 0.480 e. The predicted molar refractivity (Wildman–Crippen MR) is 164 cm³/mol. The van der Waals surface area contributed by atoms with E-state index in [4.69, 9.17) is 10.5 Å². The summed E-state index contributed by atoms with van der Waals surface area (Å²) in [6.07, 6.45) is -1.16. The van der Waals surface area contributed by atoms with Crippen molar-refractivity contribution in [3.8, 4) is 0 Å². The van der Waals surface area contributed by atoms with Crippen molar-refractivity contribution in [3.05, 3.63) is 58.1 Å². The van der Waals surface area contributed by atoms with Crippen molar-refractivity contribution in [1.29, 1.82) is 0 Å². The number of amides is 1. The maximum Gasteiger partial charge on any atom is 0.410 e. The first-order chi connectivity index (χ1) is 19.6. The number of nitrogens with zero attached hydrogens (tertiary/aromatic N) is 1. The fraction of sp³-hybridized carbons (Fsp3) is 0.548. The molecule has 2 aromatic carbocycles. The van der Waals surface area contributed by atoms with E-state index in [0.717, 1.165) is 11.1 Å². The Hall–Kier alpha value is -3.15. The number of carbonyl (C=O) groups excluding carboxylic acids is 1. The van der Waals surface area contributed by atoms with Crippen LogP contribution in [0.2, 0.25) is 0 Å². The average Bonchev–Trinajstić information content (AvgIpc) is 2.91. The molecule has 0 bridgehead atoms. The highest BCUT2D eigenvalue weighted by atomic mass is 32.2. The molecule has 3 rings (SSSR count). The number of nitrogen functional groups attached to an aromatic ring is 1. The van der Waals surface area contributed by atoms with Crippen molar-refractivity contribution >= 4 is 27.8 Å². The summed E-state index contributed by atoms with van der Waals surface area (Å²) in [5, 5.41) is 13.2. The van der Waals surface area contributed by atoms with Crippen LogP contribution in [-0.4, -0.2) is 62.7 Å². The lowest BCUT2D eigenvalue weighted by atomic mass is 9.83. The fourth-order valence-corrected chi connectivity index (χ4v) is 7.10. The van der Waals surface area contributed by atoms with Crippen LogP contribution in [0.5, 0.6) is 0 Å². The van der Waals surface area contributed by atoms with Crippen LogP contribution in [0.3, 0.4) is 0 Å². The third-order valence-corrected chi connectivity index (χ3v) is 9.15. The van der Waals surface area contributed by atoms with E-state index in [0.29, 0.717) is 48.6 Å². The Morgan fingerprint density at radius 2 is 1.55 bits per heavy atom. The molecular formula is C31H46N4O6S. The number of nitrogens with one attached hydrogen (secondary N) is 2. The van der Waals surface area contributed by atoms with Crippen LogP contribution in [0.1, 0.15) is 100 Å². The first kappa shape index (κ1) is 33.4. The molecule has 1 amide bonds. The Morgan fingerprint density at radius 3 is 2.07 bits per heavy atom. The minimum Gasteiger partial charge on any atom is -0.480 e. The van der Waals surface area contributed by atoms with Gasteiger partial charge in [0.15, 0.2) is 0 Å². The van der Waals surface area contributed by atoms with E-state index in [-0.39, 0.29) is 29.1 Å². The second kappa shape index (κ2) is 13.9. The van der Waals surface area contributed by atoms with Gasteiger partial charge in [-0.15, -0.1) is 0 Å². The number of carbonyl (C=O) groups is 2. The van der Waals surface area contributed by atoms with E-state index >= 15 is 0 Å². The van der Waals surface area contributed by atoms with Crippen LogP contribution in [0.15, 0.2) is 35.2 Å². The molecule has 1 saturated heterocycles. The fourth-order valence-electron chi connectivity index (χ4n) is 5.53. The van der Waals surface area contributed by atoms with Crippen LogP contribution < -0.4 is 15.8 Å². The number of hydrogen-bond donors (Lipinski definition) is 4. The van der Waals surface area contributed by atoms with Gasteiger partial charge in [-0.3, -0.25) is 4.79 Å². The van der Waals surface area contributed by atoms with Gasteiger partial charge < -0.3 is 25.8 Å². The lowest BCUT2D eigenvalue weighted by Crippen LogP contribution is -2.46. The van der Waals surface area contributed by atoms with Gasteiger partial charge in [-0.05, 0) is 65.5 Å². The number of hydrogen-bond acceptors (Lipinski definition) is 7. The van der Waals surface area contributed by atoms with E-state index in [9.17, 15) is 23.1 Å². The molecule has 1 unspecified atom stereocenters. The van der Waals surface area contributed by atoms with Crippen LogP contribution in [0.4, 0.5) is 10.5 Å². The highest BCUT2D eigenvalue weighted by molar-refractivity contribution is 7.89. The first-order valence-electron chi connectivity index (χ1n) is 14.6. The summed E-state index contributed by atoms with van der Waals surface area (Å²) >= 11 is 0. The number of sulfonamides is 1. The molecule has 0 aliphatic carbocycles. The Balaban J connectivity index is 1.84. The second-order valence-corrected chi connectivity index (χ2v) is 13.6. The van der Waals surface area contributed by atoms with Gasteiger partial charge in [-0.2, -0.15) is 4.72 Å². The molecule has 0 spiro atoms. The molecule has 1 fully saturated rings. The number of ether oxygens (including phenoxy) is 1. The lowest BCUT2D eigenvalue weighted by Gasteiger charge is -2.28. The van der Waals surface area contributed by atoms with Crippen molar-refractivity contribution in [2.24, 2.45) is 0 Å². The number of nitrogens with two attached hydrogens (primary N) is 1. The standard InChI is InChI=1S/C31H46N4O6S/c1-18(2)23-10-11-27(29(20(5)6)28(23)19(3)4)42(39,40)34-26(30(36)37)17-22-8-9-24(25(32)16-22)21(7)41-31(38)35-14-12-33-13-15-35/h8-11,16,18-21,26,33-34H,12-15,17,32H2,1-7H3,(H,36,37)/t21?,26-/m0/s1. The smallest absolute Gasteiger partial charge is 0.410 e. The van der Waals surface area contributed by atoms with Gasteiger partial charge in [0.05, 0.1) is 4.90 Å². The number of carboxylic acid groups (broad SMARTS) is 1. The maximum absolute atomic E-state index is 13.7. The highest BCUT2D eigenvalue weighted by Gasteiger charge is 2.31. The van der Waals surface area contributed by atoms with Crippen molar-refractivity contribution in [3.63, 3.8) is 0 Å². The normalized spacial score (nSPS) is 15.7. The minimum absolute atomic E-state index is 0.0882. The summed E-state index contributed by atoms with van der Waals surface area (Å²) in [6, 6.07) is 6.97. The molecule has 5 N–H and O–H groups in total. The molecule has 1 heterocycles. The zero-order valence-corrected chi connectivity index (χ0v) is 26.5. The molecule has 1 aliphatic rings. The van der Waals surface area contributed by atoms with Crippen molar-refractivity contribution in [2.75, 3.05) is 31.9 Å². The van der Waals surface area contributed by atoms with Gasteiger partial charge in [0.25, 0.3) is 0 Å². The molecular weight excluding hydrogens is 556 g/mol. The minimum atomic E-state index is -4.18. The molecule has 232 valence electrons. The summed E-state index contributed by atoms with van der Waals surface area (Å²) in [7, 11) is -4.18. The van der Waals surface area contributed by atoms with Gasteiger partial charge in [0, 0.05) is 37.4 Å². The van der Waals surface area contributed by atoms with E-state index in [1.165, 1.54) is 0 Å². The SMILES string of the molecule is CC(C)c1ccc(S(=O)(=O)N[C@@H](Cc2ccc(C(C)OC(=O)N3CCNCC3)c(N)c2)C(=O)O)c(C(C)C)c1C(C)C. The van der Waals surface area contributed by atoms with Crippen molar-refractivity contribution in [1.82, 2.24) is 14.9 Å². The van der Waals surface area contributed by atoms with Gasteiger partial charge in [-0.25, -0.2) is 13.2 Å². The Labute approximate surface area is 250 Å². The van der Waals surface area contributed by atoms with Crippen LogP contribution in [0.25, 0.3) is 0 Å². The topological polar surface area (TPSA) is 151 Å². The molecule has 0 aromatic heterocycles. The monoisotopic (exact) mass is 602 g/mol. The summed E-state index contributed by atoms with van der Waals surface area (Å²) in [4.78, 5) is 26.5. The maximum atomic E-state index is 13.7. The molecule has 1 aliphatic heterocycles. The number of benzene rings is 2. The Bertz CT molecular complexity index is 1380. The van der Waals surface area contributed by atoms with E-state index in [1.807, 2.05) is 33.8 Å². The first-order valence-corrected chi connectivity index (χ1v) is 16.1. The Morgan fingerprint density at radius 1 is 0.952 bits per heavy atom. The summed E-state index contributed by atoms with van der Waals surface area (Å²) < 4.78 is 35.5. The van der Waals surface area contributed by atoms with Crippen molar-refractivity contribution < 1.29 is 27.9 Å². The summed E-state index contributed by atoms with van der Waals surface area (Å²) in [5.41, 5.74) is 10.5. The predicted octanol–water partition coefficient (Wildman–Crippen LogP) is 4.72. The second-order valence-electron chi connectivity index (χ2n) is 11.9. The summed E-state index contributed by atoms with van der Waals surface area (Å²) in [6.45, 7) is 16.4. The number of rotatable bonds is 11. The number of carboxylic acids is 1. The zero-order chi connectivity index (χ0) is 31.4. The molecule has 10 nitrogen and oxygen atoms in total. The summed E-state index contributed by atoms with van der Waals surface area (Å²) in [5.74, 6) is -1.09. The van der Waals surface area contributed by atoms with E-state index in [2.05, 4.69) is 23.9 Å². The molecule has 0 radical (unpaired) electrons. The van der Waals surface area contributed by atoms with Gasteiger partial charge in [0.2, 0.25) is 10.0 Å². The van der Waals surface area contributed by atoms with Crippen LogP contribution in [-0.2, 0) is 26.0 Å². The van der Waals surface area contributed by atoms with Gasteiger partial charge in [0.1, 0.15) is 12.1 Å². The number of aliphatic carboxylic acids is 1. The highest BCUT2D eigenvalue weighted by Crippen LogP contribution is 2.37. The molecule has 11 heteroatoms. The zero-order valence-electron chi connectivity index (χ0n) is 25.7. The molecule has 0 saturated carbocycles. The van der Waals surface area contributed by atoms with Crippen LogP contribution >= 0.6 is 0 Å².